The highest BCUT2D eigenvalue weighted by Crippen LogP contribution is 2.15. The molecule has 0 aliphatic carbocycles. The van der Waals surface area contributed by atoms with E-state index >= 15 is 0 Å². The molecule has 0 atom stereocenters. The lowest BCUT2D eigenvalue weighted by molar-refractivity contribution is 0.866. The average molecular weight is 245 g/mol. The molecule has 0 saturated heterocycles. The van der Waals surface area contributed by atoms with E-state index in [0.717, 1.165) is 16.6 Å². The molecule has 1 heterocycles. The minimum atomic E-state index is 0.307. The third kappa shape index (κ3) is 2.75. The third-order valence-electron chi connectivity index (χ3n) is 2.25. The quantitative estimate of drug-likeness (QED) is 0.568. The molecule has 2 rings (SSSR count). The zero-order valence-electron chi connectivity index (χ0n) is 9.87. The van der Waals surface area contributed by atoms with Crippen LogP contribution in [0.5, 0.6) is 0 Å². The van der Waals surface area contributed by atoms with Gasteiger partial charge >= 0.3 is 0 Å². The van der Waals surface area contributed by atoms with E-state index in [1.165, 1.54) is 0 Å². The van der Waals surface area contributed by atoms with Crippen molar-refractivity contribution in [3.8, 4) is 11.8 Å². The minimum absolute atomic E-state index is 0.307. The molecule has 0 radical (unpaired) electrons. The average Bonchev–Trinajstić information content (AvgIpc) is 2.35. The maximum atomic E-state index is 5.79. The van der Waals surface area contributed by atoms with E-state index in [1.807, 2.05) is 24.3 Å². The van der Waals surface area contributed by atoms with Gasteiger partial charge in [-0.15, -0.1) is 11.6 Å². The van der Waals surface area contributed by atoms with E-state index in [0.29, 0.717) is 17.6 Å². The van der Waals surface area contributed by atoms with Gasteiger partial charge in [-0.3, -0.25) is 0 Å². The van der Waals surface area contributed by atoms with Gasteiger partial charge in [-0.2, -0.15) is 0 Å². The summed E-state index contributed by atoms with van der Waals surface area (Å²) < 4.78 is 0. The van der Waals surface area contributed by atoms with Gasteiger partial charge in [-0.05, 0) is 18.1 Å². The van der Waals surface area contributed by atoms with Crippen LogP contribution in [0.1, 0.15) is 25.4 Å². The van der Waals surface area contributed by atoms with Crippen LogP contribution < -0.4 is 0 Å². The van der Waals surface area contributed by atoms with Gasteiger partial charge in [0.05, 0.1) is 11.4 Å². The van der Waals surface area contributed by atoms with E-state index in [-0.39, 0.29) is 0 Å². The molecule has 2 nitrogen and oxygen atoms in total. The number of rotatable bonds is 1. The van der Waals surface area contributed by atoms with Crippen molar-refractivity contribution in [1.82, 2.24) is 9.97 Å². The number of aromatic nitrogens is 2. The first-order valence-corrected chi connectivity index (χ1v) is 6.07. The van der Waals surface area contributed by atoms with Crippen LogP contribution in [0.2, 0.25) is 0 Å². The first-order chi connectivity index (χ1) is 8.20. The smallest absolute Gasteiger partial charge is 0.145 e. The summed E-state index contributed by atoms with van der Waals surface area (Å²) in [6.45, 7) is 4.11. The summed E-state index contributed by atoms with van der Waals surface area (Å²) in [4.78, 5) is 8.75. The van der Waals surface area contributed by atoms with Crippen LogP contribution in [0.25, 0.3) is 10.9 Å². The zero-order chi connectivity index (χ0) is 12.3. The first kappa shape index (κ1) is 11.9. The van der Waals surface area contributed by atoms with Gasteiger partial charge in [-0.25, -0.2) is 9.97 Å². The molecular formula is C14H13ClN2. The van der Waals surface area contributed by atoms with Crippen molar-refractivity contribution in [3.63, 3.8) is 0 Å². The SMILES string of the molecule is CC(C)C#Cc1nc(CCl)nc2ccccc12. The van der Waals surface area contributed by atoms with Crippen molar-refractivity contribution >= 4 is 22.5 Å². The Balaban J connectivity index is 2.64. The van der Waals surface area contributed by atoms with Crippen LogP contribution in [-0.2, 0) is 5.88 Å². The number of hydrogen-bond acceptors (Lipinski definition) is 2. The highest BCUT2D eigenvalue weighted by molar-refractivity contribution is 6.16. The number of fused-ring (bicyclic) bond motifs is 1. The summed E-state index contributed by atoms with van der Waals surface area (Å²) in [5.74, 6) is 7.48. The number of alkyl halides is 1. The molecule has 0 fully saturated rings. The Labute approximate surface area is 106 Å². The van der Waals surface area contributed by atoms with Crippen molar-refractivity contribution in [2.75, 3.05) is 0 Å². The van der Waals surface area contributed by atoms with E-state index < -0.39 is 0 Å². The van der Waals surface area contributed by atoms with Gasteiger partial charge in [0.2, 0.25) is 0 Å². The maximum absolute atomic E-state index is 5.79. The third-order valence-corrected chi connectivity index (χ3v) is 2.49. The molecule has 86 valence electrons. The van der Waals surface area contributed by atoms with Crippen LogP contribution in [0.3, 0.4) is 0 Å². The van der Waals surface area contributed by atoms with Gasteiger partial charge in [0.1, 0.15) is 11.5 Å². The molecule has 0 aliphatic rings. The predicted molar refractivity (Wildman–Crippen MR) is 70.8 cm³/mol. The second-order valence-electron chi connectivity index (χ2n) is 4.06. The van der Waals surface area contributed by atoms with Crippen LogP contribution in [-0.4, -0.2) is 9.97 Å². The normalized spacial score (nSPS) is 10.4. The Morgan fingerprint density at radius 1 is 1.24 bits per heavy atom. The molecule has 3 heteroatoms. The van der Waals surface area contributed by atoms with Gasteiger partial charge in [0.25, 0.3) is 0 Å². The summed E-state index contributed by atoms with van der Waals surface area (Å²) >= 11 is 5.79. The first-order valence-electron chi connectivity index (χ1n) is 5.54. The highest BCUT2D eigenvalue weighted by atomic mass is 35.5. The van der Waals surface area contributed by atoms with Crippen LogP contribution in [0, 0.1) is 17.8 Å². The van der Waals surface area contributed by atoms with Crippen LogP contribution in [0.15, 0.2) is 24.3 Å². The van der Waals surface area contributed by atoms with Gasteiger partial charge < -0.3 is 0 Å². The second-order valence-corrected chi connectivity index (χ2v) is 4.33. The summed E-state index contributed by atoms with van der Waals surface area (Å²) in [7, 11) is 0. The number of benzene rings is 1. The monoisotopic (exact) mass is 244 g/mol. The van der Waals surface area contributed by atoms with Gasteiger partial charge in [-0.1, -0.05) is 31.9 Å². The van der Waals surface area contributed by atoms with Gasteiger partial charge in [0.15, 0.2) is 0 Å². The fourth-order valence-corrected chi connectivity index (χ4v) is 1.61. The summed E-state index contributed by atoms with van der Waals surface area (Å²) in [5.41, 5.74) is 1.66. The minimum Gasteiger partial charge on any atom is -0.232 e. The molecule has 0 N–H and O–H groups in total. The standard InChI is InChI=1S/C14H13ClN2/c1-10(2)7-8-13-11-5-3-4-6-12(11)16-14(9-15)17-13/h3-6,10H,9H2,1-2H3. The number of halogens is 1. The number of nitrogens with zero attached hydrogens (tertiary/aromatic N) is 2. The highest BCUT2D eigenvalue weighted by Gasteiger charge is 2.04. The largest absolute Gasteiger partial charge is 0.232 e. The molecule has 1 aromatic heterocycles. The fraction of sp³-hybridized carbons (Fsp3) is 0.286. The molecule has 1 aromatic carbocycles. The van der Waals surface area contributed by atoms with Crippen LogP contribution in [0.4, 0.5) is 0 Å². The van der Waals surface area contributed by atoms with Crippen molar-refractivity contribution in [2.45, 2.75) is 19.7 Å². The van der Waals surface area contributed by atoms with Crippen molar-refractivity contribution in [2.24, 2.45) is 5.92 Å². The zero-order valence-corrected chi connectivity index (χ0v) is 10.6. The van der Waals surface area contributed by atoms with Gasteiger partial charge in [0, 0.05) is 11.3 Å². The van der Waals surface area contributed by atoms with Crippen LogP contribution >= 0.6 is 11.6 Å². The Bertz CT molecular complexity index is 594. The second kappa shape index (κ2) is 5.16. The topological polar surface area (TPSA) is 25.8 Å². The molecule has 2 aromatic rings. The van der Waals surface area contributed by atoms with E-state index in [2.05, 4.69) is 35.7 Å². The Kier molecular flexibility index (Phi) is 3.61. The Hall–Kier alpha value is -1.59. The number of hydrogen-bond donors (Lipinski definition) is 0. The summed E-state index contributed by atoms with van der Waals surface area (Å²) in [6, 6.07) is 7.85. The molecule has 17 heavy (non-hydrogen) atoms. The van der Waals surface area contributed by atoms with Crippen molar-refractivity contribution in [1.29, 1.82) is 0 Å². The molecule has 0 aliphatic heterocycles. The summed E-state index contributed by atoms with van der Waals surface area (Å²) in [6.07, 6.45) is 0. The molecule has 0 saturated carbocycles. The van der Waals surface area contributed by atoms with Crippen molar-refractivity contribution < 1.29 is 0 Å². The van der Waals surface area contributed by atoms with E-state index in [9.17, 15) is 0 Å². The van der Waals surface area contributed by atoms with E-state index in [1.54, 1.807) is 0 Å². The van der Waals surface area contributed by atoms with E-state index in [4.69, 9.17) is 11.6 Å². The lowest BCUT2D eigenvalue weighted by Gasteiger charge is -2.02. The summed E-state index contributed by atoms with van der Waals surface area (Å²) in [5, 5.41) is 0.981. The fourth-order valence-electron chi connectivity index (χ4n) is 1.49. The Morgan fingerprint density at radius 2 is 2.00 bits per heavy atom. The lowest BCUT2D eigenvalue weighted by atomic mass is 10.1. The number of para-hydroxylation sites is 1. The molecular weight excluding hydrogens is 232 g/mol. The Morgan fingerprint density at radius 3 is 2.71 bits per heavy atom. The predicted octanol–water partition coefficient (Wildman–Crippen LogP) is 3.38. The molecule has 0 spiro atoms. The molecule has 0 bridgehead atoms. The molecule has 0 unspecified atom stereocenters. The maximum Gasteiger partial charge on any atom is 0.145 e. The van der Waals surface area contributed by atoms with Crippen molar-refractivity contribution in [3.05, 3.63) is 35.8 Å². The lowest BCUT2D eigenvalue weighted by Crippen LogP contribution is -1.96. The molecule has 0 amide bonds.